The Morgan fingerprint density at radius 1 is 1.00 bits per heavy atom. The predicted molar refractivity (Wildman–Crippen MR) is 139 cm³/mol. The van der Waals surface area contributed by atoms with E-state index in [4.69, 9.17) is 5.11 Å². The summed E-state index contributed by atoms with van der Waals surface area (Å²) in [5.41, 5.74) is 8.48. The second kappa shape index (κ2) is 9.65. The Morgan fingerprint density at radius 2 is 1.74 bits per heavy atom. The van der Waals surface area contributed by atoms with Gasteiger partial charge in [0.1, 0.15) is 0 Å². The average molecular weight is 461 g/mol. The number of allylic oxidation sites excluding steroid dienone is 1. The van der Waals surface area contributed by atoms with Crippen LogP contribution in [0.4, 0.5) is 0 Å². The second-order valence-electron chi connectivity index (χ2n) is 8.17. The molecule has 2 heterocycles. The Balaban J connectivity index is 1.64. The first-order valence-corrected chi connectivity index (χ1v) is 11.4. The lowest BCUT2D eigenvalue weighted by Gasteiger charge is -2.17. The molecular weight excluding hydrogens is 436 g/mol. The number of carboxylic acid groups (broad SMARTS) is 1. The zero-order chi connectivity index (χ0) is 24.2. The molecule has 0 aliphatic rings. The van der Waals surface area contributed by atoms with Crippen molar-refractivity contribution in [3.63, 3.8) is 0 Å². The summed E-state index contributed by atoms with van der Waals surface area (Å²) in [6.45, 7) is 2.16. The average Bonchev–Trinajstić information content (AvgIpc) is 3.59. The summed E-state index contributed by atoms with van der Waals surface area (Å²) in [6, 6.07) is 24.6. The summed E-state index contributed by atoms with van der Waals surface area (Å²) < 4.78 is 1.84. The van der Waals surface area contributed by atoms with Gasteiger partial charge in [0.25, 0.3) is 0 Å². The molecule has 0 unspecified atom stereocenters. The molecule has 172 valence electrons. The Morgan fingerprint density at radius 3 is 2.43 bits per heavy atom. The van der Waals surface area contributed by atoms with E-state index in [1.165, 1.54) is 5.57 Å². The van der Waals surface area contributed by atoms with Gasteiger partial charge in [0, 0.05) is 23.9 Å². The maximum absolute atomic E-state index is 10.9. The lowest BCUT2D eigenvalue weighted by molar-refractivity contribution is -0.131. The van der Waals surface area contributed by atoms with Gasteiger partial charge in [0.2, 0.25) is 0 Å². The number of H-pyrrole nitrogens is 1. The molecule has 35 heavy (non-hydrogen) atoms. The number of benzene rings is 3. The van der Waals surface area contributed by atoms with Gasteiger partial charge in [-0.2, -0.15) is 10.2 Å². The number of carboxylic acids is 1. The normalized spacial score (nSPS) is 12.3. The largest absolute Gasteiger partial charge is 0.478 e. The predicted octanol–water partition coefficient (Wildman–Crippen LogP) is 6.22. The van der Waals surface area contributed by atoms with Gasteiger partial charge in [-0.1, -0.05) is 49.4 Å². The van der Waals surface area contributed by atoms with Crippen molar-refractivity contribution in [2.24, 2.45) is 0 Å². The molecule has 0 saturated heterocycles. The molecule has 0 spiro atoms. The number of aromatic amines is 1. The van der Waals surface area contributed by atoms with Crippen LogP contribution in [0.5, 0.6) is 0 Å². The van der Waals surface area contributed by atoms with Crippen LogP contribution in [0.15, 0.2) is 97.5 Å². The van der Waals surface area contributed by atoms with Crippen LogP contribution in [0.2, 0.25) is 0 Å². The molecule has 0 aliphatic carbocycles. The topological polar surface area (TPSA) is 83.8 Å². The lowest BCUT2D eigenvalue weighted by atomic mass is 9.87. The standard InChI is InChI=1S/C29H24N4O2/c1-2-26(21-9-12-25(13-10-21)33-17-3-16-31-33)29(23-11-14-27-24(18-23)19-30-32-27)22-7-4-20(5-8-22)6-15-28(34)35/h3-19H,2H2,1H3,(H,30,32)(H,34,35)/b15-6+,29-26+. The third-order valence-corrected chi connectivity index (χ3v) is 5.99. The Bertz CT molecular complexity index is 1520. The van der Waals surface area contributed by atoms with E-state index in [1.54, 1.807) is 12.3 Å². The van der Waals surface area contributed by atoms with Crippen molar-refractivity contribution in [1.82, 2.24) is 20.0 Å². The molecule has 2 aromatic heterocycles. The summed E-state index contributed by atoms with van der Waals surface area (Å²) in [6.07, 6.45) is 9.11. The fraction of sp³-hybridized carbons (Fsp3) is 0.0690. The quantitative estimate of drug-likeness (QED) is 0.223. The van der Waals surface area contributed by atoms with Crippen LogP contribution in [-0.2, 0) is 4.79 Å². The van der Waals surface area contributed by atoms with Crippen LogP contribution in [-0.4, -0.2) is 31.1 Å². The van der Waals surface area contributed by atoms with Gasteiger partial charge < -0.3 is 5.11 Å². The number of nitrogens with one attached hydrogen (secondary N) is 1. The van der Waals surface area contributed by atoms with E-state index in [0.717, 1.165) is 56.9 Å². The van der Waals surface area contributed by atoms with Crippen molar-refractivity contribution in [2.75, 3.05) is 0 Å². The smallest absolute Gasteiger partial charge is 0.328 e. The van der Waals surface area contributed by atoms with Crippen LogP contribution in [0.1, 0.15) is 35.6 Å². The third-order valence-electron chi connectivity index (χ3n) is 5.99. The highest BCUT2D eigenvalue weighted by molar-refractivity contribution is 6.00. The van der Waals surface area contributed by atoms with Gasteiger partial charge in [0.15, 0.2) is 0 Å². The number of nitrogens with zero attached hydrogens (tertiary/aromatic N) is 3. The molecule has 0 atom stereocenters. The van der Waals surface area contributed by atoms with Crippen LogP contribution in [0, 0.1) is 0 Å². The monoisotopic (exact) mass is 460 g/mol. The highest BCUT2D eigenvalue weighted by Crippen LogP contribution is 2.36. The van der Waals surface area contributed by atoms with Crippen molar-refractivity contribution >= 4 is 34.1 Å². The van der Waals surface area contributed by atoms with Crippen LogP contribution >= 0.6 is 0 Å². The molecule has 6 heteroatoms. The molecule has 5 rings (SSSR count). The number of rotatable bonds is 7. The molecule has 3 aromatic carbocycles. The number of hydrogen-bond acceptors (Lipinski definition) is 3. The van der Waals surface area contributed by atoms with Crippen molar-refractivity contribution in [2.45, 2.75) is 13.3 Å². The maximum Gasteiger partial charge on any atom is 0.328 e. The summed E-state index contributed by atoms with van der Waals surface area (Å²) >= 11 is 0. The minimum absolute atomic E-state index is 0.834. The van der Waals surface area contributed by atoms with Gasteiger partial charge in [-0.15, -0.1) is 0 Å². The van der Waals surface area contributed by atoms with Crippen molar-refractivity contribution in [1.29, 1.82) is 0 Å². The minimum Gasteiger partial charge on any atom is -0.478 e. The Kier molecular flexibility index (Phi) is 6.09. The molecule has 0 aliphatic heterocycles. The number of hydrogen-bond donors (Lipinski definition) is 2. The van der Waals surface area contributed by atoms with Gasteiger partial charge in [0.05, 0.1) is 17.4 Å². The molecule has 0 radical (unpaired) electrons. The summed E-state index contributed by atoms with van der Waals surface area (Å²) in [5, 5.41) is 21.5. The minimum atomic E-state index is -0.963. The molecule has 5 aromatic rings. The Labute approximate surface area is 202 Å². The summed E-state index contributed by atoms with van der Waals surface area (Å²) in [5.74, 6) is -0.963. The first kappa shape index (κ1) is 22.1. The molecule has 6 nitrogen and oxygen atoms in total. The van der Waals surface area contributed by atoms with Gasteiger partial charge >= 0.3 is 5.97 Å². The van der Waals surface area contributed by atoms with Crippen LogP contribution in [0.3, 0.4) is 0 Å². The van der Waals surface area contributed by atoms with Crippen molar-refractivity contribution in [3.05, 3.63) is 120 Å². The molecule has 0 saturated carbocycles. The zero-order valence-electron chi connectivity index (χ0n) is 19.2. The SMILES string of the molecule is CC/C(=C(/c1ccc(/C=C/C(=O)O)cc1)c1ccc2[nH]ncc2c1)c1ccc(-n2cccn2)cc1. The number of carbonyl (C=O) groups is 1. The van der Waals surface area contributed by atoms with Crippen LogP contribution in [0.25, 0.3) is 33.8 Å². The first-order valence-electron chi connectivity index (χ1n) is 11.4. The third kappa shape index (κ3) is 4.68. The number of aromatic nitrogens is 4. The van der Waals surface area contributed by atoms with E-state index in [0.29, 0.717) is 0 Å². The fourth-order valence-corrected chi connectivity index (χ4v) is 4.30. The van der Waals surface area contributed by atoms with E-state index in [1.807, 2.05) is 47.4 Å². The number of aliphatic carboxylic acids is 1. The van der Waals surface area contributed by atoms with Gasteiger partial charge in [-0.25, -0.2) is 9.48 Å². The molecule has 0 bridgehead atoms. The second-order valence-corrected chi connectivity index (χ2v) is 8.17. The summed E-state index contributed by atoms with van der Waals surface area (Å²) in [4.78, 5) is 10.9. The highest BCUT2D eigenvalue weighted by Gasteiger charge is 2.14. The van der Waals surface area contributed by atoms with Crippen molar-refractivity contribution in [3.8, 4) is 5.69 Å². The maximum atomic E-state index is 10.9. The first-order chi connectivity index (χ1) is 17.1. The molecule has 0 amide bonds. The van der Waals surface area contributed by atoms with E-state index in [-0.39, 0.29) is 0 Å². The lowest BCUT2D eigenvalue weighted by Crippen LogP contribution is -1.97. The van der Waals surface area contributed by atoms with E-state index in [2.05, 4.69) is 64.7 Å². The van der Waals surface area contributed by atoms with Crippen molar-refractivity contribution < 1.29 is 9.90 Å². The molecular formula is C29H24N4O2. The fourth-order valence-electron chi connectivity index (χ4n) is 4.30. The molecule has 0 fully saturated rings. The van der Waals surface area contributed by atoms with E-state index in [9.17, 15) is 4.79 Å². The molecule has 2 N–H and O–H groups in total. The number of fused-ring (bicyclic) bond motifs is 1. The zero-order valence-corrected chi connectivity index (χ0v) is 19.2. The summed E-state index contributed by atoms with van der Waals surface area (Å²) in [7, 11) is 0. The van der Waals surface area contributed by atoms with Gasteiger partial charge in [-0.05, 0) is 76.2 Å². The van der Waals surface area contributed by atoms with E-state index < -0.39 is 5.97 Å². The highest BCUT2D eigenvalue weighted by atomic mass is 16.4. The van der Waals surface area contributed by atoms with Crippen LogP contribution < -0.4 is 0 Å². The Hall–Kier alpha value is -4.71. The van der Waals surface area contributed by atoms with E-state index >= 15 is 0 Å². The van der Waals surface area contributed by atoms with Gasteiger partial charge in [-0.3, -0.25) is 5.10 Å².